The van der Waals surface area contributed by atoms with Crippen LogP contribution in [0.4, 0.5) is 0 Å². The third kappa shape index (κ3) is 2.79. The second-order valence-electron chi connectivity index (χ2n) is 10.3. The lowest BCUT2D eigenvalue weighted by atomic mass is 9.45. The number of allylic oxidation sites excluding steroid dienone is 4. The number of ether oxygens (including phenoxy) is 1. The van der Waals surface area contributed by atoms with Crippen molar-refractivity contribution in [3.63, 3.8) is 0 Å². The van der Waals surface area contributed by atoms with Crippen molar-refractivity contribution in [2.75, 3.05) is 6.61 Å². The number of hydrogen-bond acceptors (Lipinski definition) is 6. The van der Waals surface area contributed by atoms with E-state index >= 15 is 0 Å². The fourth-order valence-corrected chi connectivity index (χ4v) is 7.50. The van der Waals surface area contributed by atoms with Crippen molar-refractivity contribution in [2.24, 2.45) is 34.5 Å². The van der Waals surface area contributed by atoms with Crippen molar-refractivity contribution in [2.45, 2.75) is 65.1 Å². The molecular weight excluding hydrogens is 384 g/mol. The fraction of sp³-hybridized carbons (Fsp3) is 0.708. The Labute approximate surface area is 177 Å². The van der Waals surface area contributed by atoms with Crippen molar-refractivity contribution in [1.82, 2.24) is 0 Å². The summed E-state index contributed by atoms with van der Waals surface area (Å²) < 4.78 is 4.89. The van der Waals surface area contributed by atoms with Gasteiger partial charge in [0.1, 0.15) is 5.60 Å². The maximum absolute atomic E-state index is 12.9. The minimum absolute atomic E-state index is 0.00535. The van der Waals surface area contributed by atoms with E-state index in [4.69, 9.17) is 4.74 Å². The highest BCUT2D eigenvalue weighted by Gasteiger charge is 2.68. The normalized spacial score (nSPS) is 47.1. The average molecular weight is 417 g/mol. The van der Waals surface area contributed by atoms with Gasteiger partial charge in [0.05, 0.1) is 6.10 Å². The smallest absolute Gasteiger partial charge is 0.303 e. The predicted octanol–water partition coefficient (Wildman–Crippen LogP) is 2.37. The number of carbonyl (C=O) groups excluding carboxylic acids is 3. The summed E-state index contributed by atoms with van der Waals surface area (Å²) in [4.78, 5) is 36.1. The zero-order chi connectivity index (χ0) is 22.1. The molecule has 6 nitrogen and oxygen atoms in total. The third-order valence-electron chi connectivity index (χ3n) is 8.84. The molecule has 0 aromatic heterocycles. The molecule has 0 aliphatic heterocycles. The molecule has 4 aliphatic rings. The minimum Gasteiger partial charge on any atom is -0.458 e. The van der Waals surface area contributed by atoms with Gasteiger partial charge in [0.15, 0.2) is 12.4 Å². The molecule has 4 rings (SSSR count). The molecule has 0 bridgehead atoms. The van der Waals surface area contributed by atoms with Crippen molar-refractivity contribution in [3.8, 4) is 0 Å². The molecule has 0 heterocycles. The Morgan fingerprint density at radius 1 is 1.30 bits per heavy atom. The van der Waals surface area contributed by atoms with Gasteiger partial charge >= 0.3 is 5.97 Å². The summed E-state index contributed by atoms with van der Waals surface area (Å²) in [6.07, 6.45) is 6.71. The summed E-state index contributed by atoms with van der Waals surface area (Å²) in [6, 6.07) is 0. The Kier molecular flexibility index (Phi) is 4.90. The number of esters is 1. The summed E-state index contributed by atoms with van der Waals surface area (Å²) in [5, 5.41) is 22.9. The Hall–Kier alpha value is -1.79. The molecule has 30 heavy (non-hydrogen) atoms. The number of fused-ring (bicyclic) bond motifs is 5. The number of aliphatic hydroxyl groups excluding tert-OH is 1. The second-order valence-corrected chi connectivity index (χ2v) is 10.3. The van der Waals surface area contributed by atoms with E-state index < -0.39 is 40.9 Å². The Morgan fingerprint density at radius 3 is 2.67 bits per heavy atom. The number of Topliss-reactive ketones (excluding diaryl/α,β-unsaturated/α-hetero) is 1. The van der Waals surface area contributed by atoms with Gasteiger partial charge in [0.25, 0.3) is 0 Å². The zero-order valence-electron chi connectivity index (χ0n) is 18.2. The van der Waals surface area contributed by atoms with Crippen LogP contribution in [0, 0.1) is 34.5 Å². The van der Waals surface area contributed by atoms with E-state index in [0.29, 0.717) is 19.3 Å². The summed E-state index contributed by atoms with van der Waals surface area (Å²) in [6.45, 7) is 6.94. The van der Waals surface area contributed by atoms with Gasteiger partial charge in [0, 0.05) is 23.7 Å². The van der Waals surface area contributed by atoms with Crippen LogP contribution in [0.5, 0.6) is 0 Å². The van der Waals surface area contributed by atoms with Gasteiger partial charge in [-0.25, -0.2) is 0 Å². The van der Waals surface area contributed by atoms with Gasteiger partial charge in [-0.3, -0.25) is 14.4 Å². The van der Waals surface area contributed by atoms with Crippen molar-refractivity contribution in [1.29, 1.82) is 0 Å². The summed E-state index contributed by atoms with van der Waals surface area (Å²) >= 11 is 0. The van der Waals surface area contributed by atoms with Crippen molar-refractivity contribution in [3.05, 3.63) is 23.8 Å². The lowest BCUT2D eigenvalue weighted by Gasteiger charge is -2.60. The van der Waals surface area contributed by atoms with Gasteiger partial charge < -0.3 is 14.9 Å². The molecule has 8 atom stereocenters. The highest BCUT2D eigenvalue weighted by molar-refractivity contribution is 6.01. The van der Waals surface area contributed by atoms with Crippen LogP contribution in [0.2, 0.25) is 0 Å². The molecule has 0 aromatic carbocycles. The topological polar surface area (TPSA) is 101 Å². The molecule has 3 saturated carbocycles. The van der Waals surface area contributed by atoms with Gasteiger partial charge in [0.2, 0.25) is 5.78 Å². The van der Waals surface area contributed by atoms with Crippen LogP contribution in [0.15, 0.2) is 23.8 Å². The van der Waals surface area contributed by atoms with Crippen LogP contribution < -0.4 is 0 Å². The number of rotatable bonds is 3. The maximum atomic E-state index is 12.9. The van der Waals surface area contributed by atoms with E-state index in [-0.39, 0.29) is 29.5 Å². The molecule has 6 heteroatoms. The third-order valence-corrected chi connectivity index (χ3v) is 8.84. The zero-order valence-corrected chi connectivity index (χ0v) is 18.2. The molecule has 0 radical (unpaired) electrons. The Bertz CT molecular complexity index is 858. The maximum Gasteiger partial charge on any atom is 0.303 e. The highest BCUT2D eigenvalue weighted by atomic mass is 16.5. The molecule has 2 N–H and O–H groups in total. The van der Waals surface area contributed by atoms with E-state index in [1.165, 1.54) is 6.92 Å². The summed E-state index contributed by atoms with van der Waals surface area (Å²) in [5.74, 6) is -0.712. The molecule has 0 aromatic rings. The lowest BCUT2D eigenvalue weighted by Crippen LogP contribution is -2.62. The fourth-order valence-electron chi connectivity index (χ4n) is 7.50. The highest BCUT2D eigenvalue weighted by Crippen LogP contribution is 2.67. The number of carbonyl (C=O) groups is 3. The van der Waals surface area contributed by atoms with Crippen LogP contribution in [0.1, 0.15) is 53.4 Å². The van der Waals surface area contributed by atoms with Gasteiger partial charge in [-0.1, -0.05) is 32.4 Å². The largest absolute Gasteiger partial charge is 0.458 e. The van der Waals surface area contributed by atoms with E-state index in [0.717, 1.165) is 12.0 Å². The van der Waals surface area contributed by atoms with E-state index in [9.17, 15) is 24.6 Å². The van der Waals surface area contributed by atoms with Crippen molar-refractivity contribution < 1.29 is 29.3 Å². The number of hydrogen-bond donors (Lipinski definition) is 2. The molecule has 164 valence electrons. The first-order valence-corrected chi connectivity index (χ1v) is 11.0. The van der Waals surface area contributed by atoms with Gasteiger partial charge in [-0.2, -0.15) is 0 Å². The van der Waals surface area contributed by atoms with Crippen molar-refractivity contribution >= 4 is 17.5 Å². The SMILES string of the molecule is CC(=O)OCC(=O)[C@@]1(O)CC[C@@H]2[C@H]3C[C@H](C)C4=CC(=O)C=C[C@]4(C)[C@H]3[C@@H](O)C[C@]21C. The molecule has 4 aliphatic carbocycles. The first-order valence-electron chi connectivity index (χ1n) is 11.0. The quantitative estimate of drug-likeness (QED) is 0.685. The molecule has 0 unspecified atom stereocenters. The van der Waals surface area contributed by atoms with E-state index in [1.807, 2.05) is 13.0 Å². The summed E-state index contributed by atoms with van der Waals surface area (Å²) in [5.41, 5.74) is -1.72. The van der Waals surface area contributed by atoms with Crippen LogP contribution in [-0.4, -0.2) is 46.1 Å². The van der Waals surface area contributed by atoms with Gasteiger partial charge in [-0.05, 0) is 55.6 Å². The Balaban J connectivity index is 1.70. The summed E-state index contributed by atoms with van der Waals surface area (Å²) in [7, 11) is 0. The monoisotopic (exact) mass is 416 g/mol. The number of aliphatic hydroxyl groups is 2. The number of ketones is 2. The van der Waals surface area contributed by atoms with Crippen LogP contribution >= 0.6 is 0 Å². The molecule has 0 amide bonds. The first kappa shape index (κ1) is 21.4. The van der Waals surface area contributed by atoms with E-state index in [2.05, 4.69) is 13.8 Å². The first-order chi connectivity index (χ1) is 13.9. The molecular formula is C24H32O6. The lowest BCUT2D eigenvalue weighted by molar-refractivity contribution is -0.182. The van der Waals surface area contributed by atoms with Gasteiger partial charge in [-0.15, -0.1) is 0 Å². The molecule has 0 spiro atoms. The molecule has 3 fully saturated rings. The standard InChI is InChI=1S/C24H32O6/c1-13-9-16-17-6-8-24(29,20(28)12-30-14(2)25)23(17,4)11-19(27)21(16)22(3)7-5-15(26)10-18(13)22/h5,7,10,13,16-17,19,21,27,29H,6,8-9,11-12H2,1-4H3/t13-,16+,17+,19-,21+,22-,23+,24-/m0/s1. The van der Waals surface area contributed by atoms with Crippen LogP contribution in [0.3, 0.4) is 0 Å². The second kappa shape index (κ2) is 6.86. The van der Waals surface area contributed by atoms with E-state index in [1.54, 1.807) is 12.2 Å². The van der Waals surface area contributed by atoms with Crippen LogP contribution in [0.25, 0.3) is 0 Å². The predicted molar refractivity (Wildman–Crippen MR) is 109 cm³/mol. The Morgan fingerprint density at radius 2 is 2.00 bits per heavy atom. The average Bonchev–Trinajstić information content (AvgIpc) is 2.93. The minimum atomic E-state index is -1.61. The van der Waals surface area contributed by atoms with Crippen LogP contribution in [-0.2, 0) is 19.1 Å². The molecule has 0 saturated heterocycles.